The Balaban J connectivity index is -0.0000000575. The van der Waals surface area contributed by atoms with E-state index in [1.165, 1.54) is 0 Å². The maximum atomic E-state index is 8.44. The number of hydrogen-bond acceptors (Lipinski definition) is 4. The quantitative estimate of drug-likeness (QED) is 0.199. The molecular formula is C2H7NaO3SSn. The molecule has 0 rings (SSSR count). The van der Waals surface area contributed by atoms with E-state index in [1.54, 1.807) is 0 Å². The minimum Gasteiger partial charge on any atom is 1.00 e. The molecule has 0 saturated carbocycles. The predicted molar refractivity (Wildman–Crippen MR) is 28.4 cm³/mol. The first-order valence-corrected chi connectivity index (χ1v) is 9.25. The normalized spacial score (nSPS) is 6.00. The van der Waals surface area contributed by atoms with Crippen molar-refractivity contribution >= 4 is 32.1 Å². The van der Waals surface area contributed by atoms with Crippen LogP contribution >= 0.6 is 0 Å². The van der Waals surface area contributed by atoms with Crippen molar-refractivity contribution in [3.05, 3.63) is 0 Å². The van der Waals surface area contributed by atoms with Crippen molar-refractivity contribution in [2.24, 2.45) is 0 Å². The van der Waals surface area contributed by atoms with Crippen LogP contribution in [0.25, 0.3) is 0 Å². The van der Waals surface area contributed by atoms with Crippen LogP contribution in [0.5, 0.6) is 0 Å². The summed E-state index contributed by atoms with van der Waals surface area (Å²) in [5.74, 6) is 0. The molecule has 0 bridgehead atoms. The van der Waals surface area contributed by atoms with Gasteiger partial charge in [-0.1, -0.05) is 0 Å². The van der Waals surface area contributed by atoms with E-state index < -0.39 is 11.0 Å². The molecule has 0 aliphatic heterocycles. The van der Waals surface area contributed by atoms with E-state index in [9.17, 15) is 0 Å². The molecule has 0 fully saturated rings. The molecule has 0 radical (unpaired) electrons. The molecule has 0 aromatic carbocycles. The van der Waals surface area contributed by atoms with Crippen LogP contribution in [0.2, 0.25) is 9.88 Å². The zero-order valence-electron chi connectivity index (χ0n) is 5.21. The van der Waals surface area contributed by atoms with Crippen LogP contribution in [0.15, 0.2) is 0 Å². The summed E-state index contributed by atoms with van der Waals surface area (Å²) in [6, 6.07) is 0. The molecule has 0 spiro atoms. The van der Waals surface area contributed by atoms with Crippen molar-refractivity contribution in [1.82, 2.24) is 0 Å². The van der Waals surface area contributed by atoms with Gasteiger partial charge in [-0.2, -0.15) is 11.0 Å². The van der Waals surface area contributed by atoms with Gasteiger partial charge in [-0.3, -0.25) is 0 Å². The van der Waals surface area contributed by atoms with Crippen molar-refractivity contribution in [2.75, 3.05) is 0 Å². The van der Waals surface area contributed by atoms with Crippen LogP contribution in [-0.2, 0) is 19.4 Å². The summed E-state index contributed by atoms with van der Waals surface area (Å²) < 4.78 is 25.3. The van der Waals surface area contributed by atoms with E-state index in [0.717, 1.165) is 0 Å². The van der Waals surface area contributed by atoms with Gasteiger partial charge >= 0.3 is 60.6 Å². The van der Waals surface area contributed by atoms with Crippen LogP contribution in [0, 0.1) is 0 Å². The first-order valence-electron chi connectivity index (χ1n) is 1.65. The molecule has 0 aromatic rings. The number of rotatable bonds is 0. The van der Waals surface area contributed by atoms with Crippen LogP contribution in [0.1, 0.15) is 0 Å². The number of hydrogen-bond donors (Lipinski definition) is 0. The van der Waals surface area contributed by atoms with Crippen molar-refractivity contribution < 1.29 is 42.5 Å². The first kappa shape index (κ1) is 16.4. The minimum atomic E-state index is -3.11. The first-order chi connectivity index (χ1) is 3.15. The van der Waals surface area contributed by atoms with Gasteiger partial charge < -0.3 is 13.0 Å². The SMILES string of the molecule is O=[S-](=O)[O-].[CH3][SnH+][CH3].[Na+]. The second-order valence-electron chi connectivity index (χ2n) is 0.781. The third kappa shape index (κ3) is 119. The van der Waals surface area contributed by atoms with Gasteiger partial charge in [-0.15, -0.1) is 0 Å². The van der Waals surface area contributed by atoms with Crippen LogP contribution in [-0.4, -0.2) is 25.7 Å². The van der Waals surface area contributed by atoms with Gasteiger partial charge in [0.15, 0.2) is 0 Å². The Morgan fingerprint density at radius 1 is 1.38 bits per heavy atom. The third-order valence-electron chi connectivity index (χ3n) is 0. The van der Waals surface area contributed by atoms with E-state index in [0.29, 0.717) is 0 Å². The second kappa shape index (κ2) is 15.9. The molecular weight excluding hydrogens is 246 g/mol. The fraction of sp³-hybridized carbons (Fsp3) is 1.00. The van der Waals surface area contributed by atoms with E-state index in [-0.39, 0.29) is 50.7 Å². The molecule has 3 nitrogen and oxygen atoms in total. The molecule has 8 heavy (non-hydrogen) atoms. The summed E-state index contributed by atoms with van der Waals surface area (Å²) in [4.78, 5) is 4.63. The third-order valence-corrected chi connectivity index (χ3v) is 0. The van der Waals surface area contributed by atoms with Crippen LogP contribution in [0.3, 0.4) is 0 Å². The smallest absolute Gasteiger partial charge is 1.00 e. The Kier molecular flexibility index (Phi) is 32.5. The molecule has 0 aliphatic carbocycles. The Morgan fingerprint density at radius 3 is 1.38 bits per heavy atom. The summed E-state index contributed by atoms with van der Waals surface area (Å²) in [6.07, 6.45) is 0. The zero-order valence-corrected chi connectivity index (χ0v) is 11.3. The Bertz CT molecular complexity index is 75.4. The van der Waals surface area contributed by atoms with Gasteiger partial charge in [0.25, 0.3) is 0 Å². The van der Waals surface area contributed by atoms with Crippen LogP contribution < -0.4 is 29.6 Å². The summed E-state index contributed by atoms with van der Waals surface area (Å²) in [5, 5.41) is 0. The van der Waals surface area contributed by atoms with E-state index in [1.807, 2.05) is 0 Å². The average Bonchev–Trinajstić information content (AvgIpc) is 1.33. The Labute approximate surface area is 83.5 Å². The molecule has 0 atom stereocenters. The van der Waals surface area contributed by atoms with Crippen LogP contribution in [0.4, 0.5) is 0 Å². The summed E-state index contributed by atoms with van der Waals surface area (Å²) >= 11 is 0.110. The average molecular weight is 253 g/mol. The fourth-order valence-electron chi connectivity index (χ4n) is 0. The summed E-state index contributed by atoms with van der Waals surface area (Å²) in [7, 11) is -3.11. The summed E-state index contributed by atoms with van der Waals surface area (Å²) in [6.45, 7) is 0. The molecule has 0 amide bonds. The Morgan fingerprint density at radius 2 is 1.38 bits per heavy atom. The van der Waals surface area contributed by atoms with Gasteiger partial charge in [0.2, 0.25) is 0 Å². The molecule has 0 heterocycles. The van der Waals surface area contributed by atoms with E-state index in [4.69, 9.17) is 13.0 Å². The van der Waals surface area contributed by atoms with Gasteiger partial charge in [0.1, 0.15) is 0 Å². The largest absolute Gasteiger partial charge is 1.00 e. The second-order valence-corrected chi connectivity index (χ2v) is 4.49. The Hall–Kier alpha value is 1.71. The molecule has 44 valence electrons. The van der Waals surface area contributed by atoms with Gasteiger partial charge in [0, 0.05) is 0 Å². The molecule has 0 saturated heterocycles. The van der Waals surface area contributed by atoms with Crippen molar-refractivity contribution in [1.29, 1.82) is 0 Å². The summed E-state index contributed by atoms with van der Waals surface area (Å²) in [5.41, 5.74) is 0. The molecule has 0 unspecified atom stereocenters. The standard InChI is InChI=1S/2CH3.Na.O3S.Sn.H/c;;;1-4(2)3;;/h2*1H3;;;;/q;;+1;-2;+1;. The maximum Gasteiger partial charge on any atom is 1.00 e. The van der Waals surface area contributed by atoms with E-state index >= 15 is 0 Å². The van der Waals surface area contributed by atoms with Gasteiger partial charge in [-0.25, -0.2) is 0 Å². The maximum absolute atomic E-state index is 8.44. The van der Waals surface area contributed by atoms with Gasteiger partial charge in [0.05, 0.1) is 0 Å². The molecule has 0 aliphatic rings. The minimum absolute atomic E-state index is 0. The van der Waals surface area contributed by atoms with Crippen molar-refractivity contribution in [3.63, 3.8) is 0 Å². The topological polar surface area (TPSA) is 57.2 Å². The molecule has 6 heteroatoms. The monoisotopic (exact) mass is 254 g/mol. The van der Waals surface area contributed by atoms with Crippen molar-refractivity contribution in [3.8, 4) is 0 Å². The van der Waals surface area contributed by atoms with E-state index in [2.05, 4.69) is 9.88 Å². The molecule has 0 N–H and O–H groups in total. The predicted octanol–water partition coefficient (Wildman–Crippen LogP) is -3.05. The van der Waals surface area contributed by atoms with Crippen molar-refractivity contribution in [2.45, 2.75) is 9.88 Å². The van der Waals surface area contributed by atoms with Gasteiger partial charge in [-0.05, 0) is 0 Å². The zero-order chi connectivity index (χ0) is 6.28. The molecule has 0 aromatic heterocycles. The fourth-order valence-corrected chi connectivity index (χ4v) is 0.